The van der Waals surface area contributed by atoms with Gasteiger partial charge in [-0.2, -0.15) is 0 Å². The van der Waals surface area contributed by atoms with Crippen molar-refractivity contribution in [1.82, 2.24) is 4.90 Å². The summed E-state index contributed by atoms with van der Waals surface area (Å²) in [6.45, 7) is 3.44. The Labute approximate surface area is 118 Å². The molecule has 2 aliphatic heterocycles. The highest BCUT2D eigenvalue weighted by molar-refractivity contribution is 6.18. The molecule has 0 aliphatic carbocycles. The van der Waals surface area contributed by atoms with E-state index < -0.39 is 0 Å². The van der Waals surface area contributed by atoms with E-state index in [2.05, 4.69) is 6.92 Å². The predicted octanol–water partition coefficient (Wildman–Crippen LogP) is 2.64. The van der Waals surface area contributed by atoms with Gasteiger partial charge in [0, 0.05) is 24.0 Å². The first kappa shape index (κ1) is 12.8. The van der Waals surface area contributed by atoms with Gasteiger partial charge in [0.25, 0.3) is 0 Å². The maximum Gasteiger partial charge on any atom is 0.234 e. The van der Waals surface area contributed by atoms with Crippen LogP contribution in [0.4, 0.5) is 0 Å². The predicted molar refractivity (Wildman–Crippen MR) is 74.7 cm³/mol. The SMILES string of the molecule is CC1CCN(C(=O)C2COc3ccccc32)C1CCl. The minimum absolute atomic E-state index is 0.160. The zero-order valence-corrected chi connectivity index (χ0v) is 11.8. The van der Waals surface area contributed by atoms with Gasteiger partial charge in [-0.3, -0.25) is 4.79 Å². The van der Waals surface area contributed by atoms with E-state index in [0.29, 0.717) is 18.4 Å². The Morgan fingerprint density at radius 1 is 1.47 bits per heavy atom. The van der Waals surface area contributed by atoms with E-state index in [4.69, 9.17) is 16.3 Å². The van der Waals surface area contributed by atoms with Gasteiger partial charge in [-0.25, -0.2) is 0 Å². The minimum atomic E-state index is -0.160. The molecule has 102 valence electrons. The average Bonchev–Trinajstić information content (AvgIpc) is 3.01. The van der Waals surface area contributed by atoms with Gasteiger partial charge in [0.15, 0.2) is 0 Å². The van der Waals surface area contributed by atoms with Crippen LogP contribution in [0.2, 0.25) is 0 Å². The number of carbonyl (C=O) groups is 1. The van der Waals surface area contributed by atoms with Crippen molar-refractivity contribution < 1.29 is 9.53 Å². The van der Waals surface area contributed by atoms with Gasteiger partial charge < -0.3 is 9.64 Å². The third-order valence-electron chi connectivity index (χ3n) is 4.32. The topological polar surface area (TPSA) is 29.5 Å². The van der Waals surface area contributed by atoms with Crippen LogP contribution in [0, 0.1) is 5.92 Å². The van der Waals surface area contributed by atoms with Crippen molar-refractivity contribution in [3.05, 3.63) is 29.8 Å². The molecule has 2 heterocycles. The molecule has 0 N–H and O–H groups in total. The van der Waals surface area contributed by atoms with Crippen LogP contribution in [0.3, 0.4) is 0 Å². The number of hydrogen-bond acceptors (Lipinski definition) is 2. The number of hydrogen-bond donors (Lipinski definition) is 0. The standard InChI is InChI=1S/C15H18ClNO2/c1-10-6-7-17(13(10)8-16)15(18)12-9-19-14-5-3-2-4-11(12)14/h2-5,10,12-13H,6-9H2,1H3. The van der Waals surface area contributed by atoms with Crippen LogP contribution in [0.5, 0.6) is 5.75 Å². The molecule has 4 heteroatoms. The van der Waals surface area contributed by atoms with Crippen LogP contribution in [-0.4, -0.2) is 35.9 Å². The van der Waals surface area contributed by atoms with E-state index in [9.17, 15) is 4.79 Å². The number of ether oxygens (including phenoxy) is 1. The average molecular weight is 280 g/mol. The van der Waals surface area contributed by atoms with Gasteiger partial charge in [-0.1, -0.05) is 25.1 Å². The minimum Gasteiger partial charge on any atom is -0.492 e. The van der Waals surface area contributed by atoms with Gasteiger partial charge in [0.1, 0.15) is 18.3 Å². The zero-order valence-electron chi connectivity index (χ0n) is 11.0. The van der Waals surface area contributed by atoms with Gasteiger partial charge in [0.05, 0.1) is 0 Å². The Bertz CT molecular complexity index is 491. The maximum absolute atomic E-state index is 12.7. The molecule has 0 saturated carbocycles. The van der Waals surface area contributed by atoms with Crippen molar-refractivity contribution >= 4 is 17.5 Å². The Morgan fingerprint density at radius 3 is 3.05 bits per heavy atom. The van der Waals surface area contributed by atoms with E-state index in [1.807, 2.05) is 29.2 Å². The highest BCUT2D eigenvalue weighted by Crippen LogP contribution is 2.37. The first-order valence-electron chi connectivity index (χ1n) is 6.80. The van der Waals surface area contributed by atoms with Crippen LogP contribution >= 0.6 is 11.6 Å². The lowest BCUT2D eigenvalue weighted by Crippen LogP contribution is -2.41. The molecule has 0 bridgehead atoms. The second-order valence-electron chi connectivity index (χ2n) is 5.42. The number of benzene rings is 1. The molecule has 2 aliphatic rings. The van der Waals surface area contributed by atoms with Crippen LogP contribution in [-0.2, 0) is 4.79 Å². The van der Waals surface area contributed by atoms with E-state index in [0.717, 1.165) is 24.3 Å². The summed E-state index contributed by atoms with van der Waals surface area (Å²) in [5.74, 6) is 1.85. The van der Waals surface area contributed by atoms with Crippen LogP contribution < -0.4 is 4.74 Å². The summed E-state index contributed by atoms with van der Waals surface area (Å²) in [5.41, 5.74) is 1.01. The molecule has 1 aromatic carbocycles. The summed E-state index contributed by atoms with van der Waals surface area (Å²) in [6, 6.07) is 7.97. The molecule has 3 nitrogen and oxygen atoms in total. The molecule has 0 radical (unpaired) electrons. The molecule has 1 amide bonds. The highest BCUT2D eigenvalue weighted by atomic mass is 35.5. The van der Waals surface area contributed by atoms with Crippen molar-refractivity contribution in [3.8, 4) is 5.75 Å². The third kappa shape index (κ3) is 2.10. The Morgan fingerprint density at radius 2 is 2.26 bits per heavy atom. The Balaban J connectivity index is 1.82. The van der Waals surface area contributed by atoms with Crippen LogP contribution in [0.25, 0.3) is 0 Å². The van der Waals surface area contributed by atoms with Crippen molar-refractivity contribution in [1.29, 1.82) is 0 Å². The summed E-state index contributed by atoms with van der Waals surface area (Å²) in [6.07, 6.45) is 1.04. The molecule has 0 aromatic heterocycles. The lowest BCUT2D eigenvalue weighted by molar-refractivity contribution is -0.133. The van der Waals surface area contributed by atoms with Crippen LogP contribution in [0.1, 0.15) is 24.8 Å². The number of para-hydroxylation sites is 1. The number of alkyl halides is 1. The molecule has 3 rings (SSSR count). The number of fused-ring (bicyclic) bond motifs is 1. The number of rotatable bonds is 2. The number of halogens is 1. The quantitative estimate of drug-likeness (QED) is 0.779. The fourth-order valence-corrected chi connectivity index (χ4v) is 3.56. The Kier molecular flexibility index (Phi) is 3.40. The van der Waals surface area contributed by atoms with Crippen LogP contribution in [0.15, 0.2) is 24.3 Å². The molecule has 1 aromatic rings. The van der Waals surface area contributed by atoms with Crippen molar-refractivity contribution in [2.45, 2.75) is 25.3 Å². The summed E-state index contributed by atoms with van der Waals surface area (Å²) in [7, 11) is 0. The van der Waals surface area contributed by atoms with Crippen molar-refractivity contribution in [2.24, 2.45) is 5.92 Å². The second kappa shape index (κ2) is 5.04. The second-order valence-corrected chi connectivity index (χ2v) is 5.73. The molecule has 3 unspecified atom stereocenters. The van der Waals surface area contributed by atoms with E-state index in [1.165, 1.54) is 0 Å². The molecular formula is C15H18ClNO2. The number of nitrogens with zero attached hydrogens (tertiary/aromatic N) is 1. The fraction of sp³-hybridized carbons (Fsp3) is 0.533. The zero-order chi connectivity index (χ0) is 13.4. The maximum atomic E-state index is 12.7. The normalized spacial score (nSPS) is 29.2. The molecule has 3 atom stereocenters. The molecule has 1 fully saturated rings. The highest BCUT2D eigenvalue weighted by Gasteiger charge is 2.39. The van der Waals surface area contributed by atoms with Gasteiger partial charge in [-0.05, 0) is 18.4 Å². The number of carbonyl (C=O) groups excluding carboxylic acids is 1. The molecule has 1 saturated heterocycles. The van der Waals surface area contributed by atoms with Crippen molar-refractivity contribution in [2.75, 3.05) is 19.0 Å². The van der Waals surface area contributed by atoms with Gasteiger partial charge >= 0.3 is 0 Å². The van der Waals surface area contributed by atoms with E-state index in [1.54, 1.807) is 0 Å². The largest absolute Gasteiger partial charge is 0.492 e. The molecule has 19 heavy (non-hydrogen) atoms. The third-order valence-corrected chi connectivity index (χ3v) is 4.64. The number of amides is 1. The first-order valence-corrected chi connectivity index (χ1v) is 7.34. The lowest BCUT2D eigenvalue weighted by Gasteiger charge is -2.27. The number of likely N-dealkylation sites (tertiary alicyclic amines) is 1. The smallest absolute Gasteiger partial charge is 0.234 e. The summed E-state index contributed by atoms with van der Waals surface area (Å²) < 4.78 is 5.61. The van der Waals surface area contributed by atoms with Gasteiger partial charge in [0.2, 0.25) is 5.91 Å². The lowest BCUT2D eigenvalue weighted by atomic mass is 9.99. The summed E-state index contributed by atoms with van der Waals surface area (Å²) in [5, 5.41) is 0. The first-order chi connectivity index (χ1) is 9.22. The fourth-order valence-electron chi connectivity index (χ4n) is 3.08. The van der Waals surface area contributed by atoms with Crippen molar-refractivity contribution in [3.63, 3.8) is 0 Å². The summed E-state index contributed by atoms with van der Waals surface area (Å²) >= 11 is 6.02. The van der Waals surface area contributed by atoms with Gasteiger partial charge in [-0.15, -0.1) is 11.6 Å². The Hall–Kier alpha value is -1.22. The summed E-state index contributed by atoms with van der Waals surface area (Å²) in [4.78, 5) is 14.7. The monoisotopic (exact) mass is 279 g/mol. The van der Waals surface area contributed by atoms with E-state index >= 15 is 0 Å². The van der Waals surface area contributed by atoms with E-state index in [-0.39, 0.29) is 17.9 Å². The molecule has 0 spiro atoms. The molecular weight excluding hydrogens is 262 g/mol.